The lowest BCUT2D eigenvalue weighted by molar-refractivity contribution is 0.734. The van der Waals surface area contributed by atoms with E-state index in [0.29, 0.717) is 0 Å². The molecule has 0 amide bonds. The summed E-state index contributed by atoms with van der Waals surface area (Å²) in [6.45, 7) is 0. The van der Waals surface area contributed by atoms with Gasteiger partial charge in [-0.1, -0.05) is 200 Å². The second-order valence-electron chi connectivity index (χ2n) is 16.9. The number of nitrogens with zero attached hydrogens (tertiary/aromatic N) is 2. The minimum Gasteiger partial charge on any atom is -0.310 e. The number of para-hydroxylation sites is 3. The Hall–Kier alpha value is -7.77. The van der Waals surface area contributed by atoms with Crippen molar-refractivity contribution in [1.82, 2.24) is 4.57 Å². The molecule has 1 spiro atoms. The Bertz CT molecular complexity index is 3460. The molecule has 0 fully saturated rings. The summed E-state index contributed by atoms with van der Waals surface area (Å²) in [7, 11) is -0.910. The Kier molecular flexibility index (Phi) is 8.44. The third-order valence-electron chi connectivity index (χ3n) is 13.6. The number of hydrogen-bond donors (Lipinski definition) is 0. The zero-order valence-corrected chi connectivity index (χ0v) is 35.9. The van der Waals surface area contributed by atoms with Gasteiger partial charge in [0.25, 0.3) is 0 Å². The Morgan fingerprint density at radius 3 is 1.53 bits per heavy atom. The lowest BCUT2D eigenvalue weighted by Gasteiger charge is -2.48. The largest absolute Gasteiger partial charge is 0.310 e. The van der Waals surface area contributed by atoms with E-state index in [0.717, 1.165) is 17.1 Å². The second-order valence-corrected chi connectivity index (χ2v) is 19.0. The van der Waals surface area contributed by atoms with Crippen LogP contribution in [0.4, 0.5) is 17.1 Å². The molecule has 0 aliphatic carbocycles. The highest BCUT2D eigenvalue weighted by atomic mass is 31.1. The lowest BCUT2D eigenvalue weighted by Crippen LogP contribution is -2.47. The topological polar surface area (TPSA) is 8.17 Å². The average Bonchev–Trinajstić information content (AvgIpc) is 3.72. The van der Waals surface area contributed by atoms with E-state index >= 15 is 0 Å². The molecule has 0 bridgehead atoms. The van der Waals surface area contributed by atoms with E-state index in [4.69, 9.17) is 0 Å². The number of aromatic nitrogens is 1. The summed E-state index contributed by atoms with van der Waals surface area (Å²) in [5, 5.41) is 6.71. The molecule has 2 aliphatic heterocycles. The minimum atomic E-state index is -0.910. The molecule has 0 N–H and O–H groups in total. The number of benzene rings is 10. The van der Waals surface area contributed by atoms with Crippen molar-refractivity contribution >= 4 is 62.7 Å². The second kappa shape index (κ2) is 14.7. The fraction of sp³-hybridized carbons (Fsp3) is 0.0164. The molecule has 300 valence electrons. The molecule has 0 saturated heterocycles. The van der Waals surface area contributed by atoms with E-state index in [1.54, 1.807) is 0 Å². The van der Waals surface area contributed by atoms with Crippen LogP contribution in [0.25, 0.3) is 49.7 Å². The van der Waals surface area contributed by atoms with Crippen LogP contribution in [-0.4, -0.2) is 4.57 Å². The molecular formula is C61H41N2P. The summed E-state index contributed by atoms with van der Waals surface area (Å²) < 4.78 is 2.54. The summed E-state index contributed by atoms with van der Waals surface area (Å²) in [5.41, 5.74) is 16.6. The van der Waals surface area contributed by atoms with Crippen LogP contribution < -0.4 is 20.8 Å². The van der Waals surface area contributed by atoms with Gasteiger partial charge in [-0.3, -0.25) is 0 Å². The van der Waals surface area contributed by atoms with E-state index in [9.17, 15) is 0 Å². The zero-order chi connectivity index (χ0) is 42.2. The fourth-order valence-corrected chi connectivity index (χ4v) is 13.6. The predicted molar refractivity (Wildman–Crippen MR) is 270 cm³/mol. The Labute approximate surface area is 374 Å². The molecule has 3 heteroatoms. The van der Waals surface area contributed by atoms with Crippen LogP contribution in [0.2, 0.25) is 0 Å². The van der Waals surface area contributed by atoms with Crippen LogP contribution in [0, 0.1) is 0 Å². The molecule has 2 aliphatic rings. The fourth-order valence-electron chi connectivity index (χ4n) is 10.9. The van der Waals surface area contributed by atoms with E-state index in [1.807, 2.05) is 0 Å². The molecule has 3 heterocycles. The van der Waals surface area contributed by atoms with Gasteiger partial charge in [0.1, 0.15) is 0 Å². The molecule has 2 nitrogen and oxygen atoms in total. The van der Waals surface area contributed by atoms with E-state index < -0.39 is 13.3 Å². The average molecular weight is 833 g/mol. The maximum Gasteiger partial charge on any atom is 0.0756 e. The highest BCUT2D eigenvalue weighted by Crippen LogP contribution is 2.59. The third kappa shape index (κ3) is 5.43. The van der Waals surface area contributed by atoms with Crippen molar-refractivity contribution in [2.75, 3.05) is 4.90 Å². The quantitative estimate of drug-likeness (QED) is 0.152. The Morgan fingerprint density at radius 2 is 0.844 bits per heavy atom. The highest BCUT2D eigenvalue weighted by Gasteiger charge is 2.51. The van der Waals surface area contributed by atoms with Crippen LogP contribution in [0.5, 0.6) is 0 Å². The first-order valence-corrected chi connectivity index (χ1v) is 23.4. The summed E-state index contributed by atoms with van der Waals surface area (Å²) in [4.78, 5) is 2.45. The summed E-state index contributed by atoms with van der Waals surface area (Å²) >= 11 is 0. The van der Waals surface area contributed by atoms with Gasteiger partial charge in [-0.15, -0.1) is 0 Å². The number of rotatable bonds is 6. The van der Waals surface area contributed by atoms with Crippen molar-refractivity contribution in [3.63, 3.8) is 0 Å². The zero-order valence-electron chi connectivity index (χ0n) is 35.0. The minimum absolute atomic E-state index is 0.615. The molecule has 1 aromatic heterocycles. The van der Waals surface area contributed by atoms with Crippen LogP contribution in [0.1, 0.15) is 22.3 Å². The van der Waals surface area contributed by atoms with E-state index in [1.165, 1.54) is 87.9 Å². The van der Waals surface area contributed by atoms with Gasteiger partial charge in [0, 0.05) is 27.8 Å². The van der Waals surface area contributed by atoms with Gasteiger partial charge in [-0.25, -0.2) is 0 Å². The van der Waals surface area contributed by atoms with Gasteiger partial charge in [0.05, 0.1) is 22.1 Å². The molecule has 13 rings (SSSR count). The van der Waals surface area contributed by atoms with Crippen molar-refractivity contribution in [1.29, 1.82) is 0 Å². The van der Waals surface area contributed by atoms with E-state index in [-0.39, 0.29) is 0 Å². The standard InChI is InChI=1S/C61H41N2P/c1-4-17-42(18-5-1)44-31-35-46(36-32-44)62(47-37-33-45(34-38-47)43-19-6-2-7-20-43)48-39-40-59-55(41-48)61(53-26-12-15-30-58(53)64(59)49-21-8-3-9-22-49)52-25-11-14-29-57(52)63-56-28-13-10-23-50(56)51-24-16-27-54(61)60(51)63/h1-41H. The van der Waals surface area contributed by atoms with Crippen molar-refractivity contribution in [2.45, 2.75) is 5.41 Å². The summed E-state index contributed by atoms with van der Waals surface area (Å²) in [6, 6.07) is 92.6. The number of anilines is 3. The summed E-state index contributed by atoms with van der Waals surface area (Å²) in [5.74, 6) is 0. The first-order valence-electron chi connectivity index (χ1n) is 22.1. The van der Waals surface area contributed by atoms with Gasteiger partial charge >= 0.3 is 0 Å². The third-order valence-corrected chi connectivity index (χ3v) is 16.1. The van der Waals surface area contributed by atoms with Crippen LogP contribution in [0.3, 0.4) is 0 Å². The van der Waals surface area contributed by atoms with Crippen LogP contribution >= 0.6 is 7.92 Å². The normalized spacial score (nSPS) is 15.7. The molecule has 2 unspecified atom stereocenters. The van der Waals surface area contributed by atoms with Crippen LogP contribution in [-0.2, 0) is 5.41 Å². The molecule has 11 aromatic rings. The first kappa shape index (κ1) is 36.8. The van der Waals surface area contributed by atoms with Crippen molar-refractivity contribution < 1.29 is 0 Å². The van der Waals surface area contributed by atoms with Gasteiger partial charge in [0.2, 0.25) is 0 Å². The Morgan fingerprint density at radius 1 is 0.344 bits per heavy atom. The molecule has 2 atom stereocenters. The Balaban J connectivity index is 1.11. The molecule has 10 aromatic carbocycles. The molecule has 0 radical (unpaired) electrons. The smallest absolute Gasteiger partial charge is 0.0756 e. The van der Waals surface area contributed by atoms with E-state index in [2.05, 4.69) is 258 Å². The van der Waals surface area contributed by atoms with Gasteiger partial charge in [0.15, 0.2) is 0 Å². The maximum absolute atomic E-state index is 2.55. The predicted octanol–water partition coefficient (Wildman–Crippen LogP) is 14.4. The summed E-state index contributed by atoms with van der Waals surface area (Å²) in [6.07, 6.45) is 0. The maximum atomic E-state index is 2.55. The van der Waals surface area contributed by atoms with Crippen molar-refractivity contribution in [3.05, 3.63) is 271 Å². The lowest BCUT2D eigenvalue weighted by atomic mass is 9.62. The van der Waals surface area contributed by atoms with Gasteiger partial charge in [-0.2, -0.15) is 0 Å². The van der Waals surface area contributed by atoms with Crippen LogP contribution in [0.15, 0.2) is 249 Å². The molecular weight excluding hydrogens is 792 g/mol. The number of hydrogen-bond acceptors (Lipinski definition) is 1. The first-order chi connectivity index (χ1) is 31.8. The number of fused-ring (bicyclic) bond motifs is 11. The highest BCUT2D eigenvalue weighted by molar-refractivity contribution is 7.80. The van der Waals surface area contributed by atoms with Crippen molar-refractivity contribution in [2.24, 2.45) is 0 Å². The van der Waals surface area contributed by atoms with Gasteiger partial charge in [-0.05, 0) is 117 Å². The van der Waals surface area contributed by atoms with Crippen molar-refractivity contribution in [3.8, 4) is 27.9 Å². The molecule has 0 saturated carbocycles. The van der Waals surface area contributed by atoms with Gasteiger partial charge < -0.3 is 9.47 Å². The SMILES string of the molecule is c1ccc(-c2ccc(N(c3ccc(-c4ccccc4)cc3)c3ccc4c(c3)C3(c5ccccc5-n5c6ccccc6c6cccc3c65)c3ccccc3P4c3ccccc3)cc2)cc1. The monoisotopic (exact) mass is 832 g/mol. The molecule has 64 heavy (non-hydrogen) atoms.